The van der Waals surface area contributed by atoms with Crippen LogP contribution in [0, 0.1) is 0 Å². The highest BCUT2D eigenvalue weighted by Crippen LogP contribution is 2.39. The van der Waals surface area contributed by atoms with Gasteiger partial charge in [-0.25, -0.2) is 0 Å². The van der Waals surface area contributed by atoms with Gasteiger partial charge >= 0.3 is 0 Å². The maximum absolute atomic E-state index is 11.8. The van der Waals surface area contributed by atoms with Crippen molar-refractivity contribution in [1.29, 1.82) is 0 Å². The summed E-state index contributed by atoms with van der Waals surface area (Å²) in [6.07, 6.45) is 5.58. The molecule has 25 heavy (non-hydrogen) atoms. The van der Waals surface area contributed by atoms with E-state index in [2.05, 4.69) is 22.2 Å². The van der Waals surface area contributed by atoms with Crippen LogP contribution in [0.5, 0.6) is 0 Å². The van der Waals surface area contributed by atoms with E-state index in [-0.39, 0.29) is 7.33 Å². The molecular formula is C19H43N3OS2. The molecule has 2 heterocycles. The molecular weight excluding hydrogens is 350 g/mol. The number of nitrogens with zero attached hydrogens (tertiary/aromatic N) is 2. The average Bonchev–Trinajstić information content (AvgIpc) is 3.17. The summed E-state index contributed by atoms with van der Waals surface area (Å²) in [5.74, 6) is 1.54. The fraction of sp³-hybridized carbons (Fsp3) is 0.947. The van der Waals surface area contributed by atoms with Gasteiger partial charge in [-0.05, 0) is 26.3 Å². The predicted molar refractivity (Wildman–Crippen MR) is 119 cm³/mol. The molecule has 2 aliphatic rings. The van der Waals surface area contributed by atoms with Gasteiger partial charge in [0, 0.05) is 58.1 Å². The molecule has 0 unspecified atom stereocenters. The topological polar surface area (TPSA) is 35.6 Å². The van der Waals surface area contributed by atoms with Crippen molar-refractivity contribution >= 4 is 27.5 Å². The van der Waals surface area contributed by atoms with E-state index in [1.165, 1.54) is 25.0 Å². The molecule has 0 aromatic rings. The third-order valence-electron chi connectivity index (χ3n) is 4.25. The Labute approximate surface area is 166 Å². The van der Waals surface area contributed by atoms with E-state index < -0.39 is 0 Å². The van der Waals surface area contributed by atoms with Gasteiger partial charge in [0.1, 0.15) is 0 Å². The van der Waals surface area contributed by atoms with Gasteiger partial charge in [0.05, 0.1) is 0 Å². The largest absolute Gasteiger partial charge is 0.355 e. The second-order valence-corrected chi connectivity index (χ2v) is 8.86. The van der Waals surface area contributed by atoms with Crippen LogP contribution < -0.4 is 5.32 Å². The zero-order valence-corrected chi connectivity index (χ0v) is 18.8. The van der Waals surface area contributed by atoms with Gasteiger partial charge in [-0.3, -0.25) is 9.69 Å². The lowest BCUT2D eigenvalue weighted by Gasteiger charge is -2.32. The zero-order chi connectivity index (χ0) is 18.9. The Hall–Kier alpha value is 0.0900. The Morgan fingerprint density at radius 1 is 1.12 bits per heavy atom. The highest BCUT2D eigenvalue weighted by atomic mass is 33.1. The molecule has 2 saturated heterocycles. The lowest BCUT2D eigenvalue weighted by molar-refractivity contribution is -0.121. The molecule has 0 aliphatic carbocycles. The third kappa shape index (κ3) is 13.0. The first-order valence-corrected chi connectivity index (χ1v) is 12.6. The van der Waals surface area contributed by atoms with Crippen LogP contribution in [-0.2, 0) is 4.79 Å². The molecule has 0 saturated carbocycles. The summed E-state index contributed by atoms with van der Waals surface area (Å²) < 4.78 is 0. The van der Waals surface area contributed by atoms with Gasteiger partial charge < -0.3 is 10.2 Å². The van der Waals surface area contributed by atoms with Crippen LogP contribution in [0.3, 0.4) is 0 Å². The second-order valence-electron chi connectivity index (χ2n) is 6.07. The van der Waals surface area contributed by atoms with Crippen LogP contribution in [0.25, 0.3) is 0 Å². The minimum Gasteiger partial charge on any atom is -0.355 e. The highest BCUT2D eigenvalue weighted by molar-refractivity contribution is 8.77. The second kappa shape index (κ2) is 17.5. The van der Waals surface area contributed by atoms with Crippen LogP contribution >= 0.6 is 21.6 Å². The van der Waals surface area contributed by atoms with Crippen molar-refractivity contribution in [2.45, 2.75) is 65.0 Å². The van der Waals surface area contributed by atoms with E-state index >= 15 is 0 Å². The van der Waals surface area contributed by atoms with Crippen LogP contribution in [0.15, 0.2) is 0 Å². The van der Waals surface area contributed by atoms with Crippen LogP contribution in [0.1, 0.15) is 61.2 Å². The van der Waals surface area contributed by atoms with E-state index in [9.17, 15) is 4.79 Å². The fourth-order valence-electron chi connectivity index (χ4n) is 2.74. The van der Waals surface area contributed by atoms with E-state index in [0.29, 0.717) is 6.42 Å². The van der Waals surface area contributed by atoms with Gasteiger partial charge in [0.2, 0.25) is 5.91 Å². The van der Waals surface area contributed by atoms with Crippen molar-refractivity contribution in [1.82, 2.24) is 15.1 Å². The summed E-state index contributed by atoms with van der Waals surface area (Å²) in [6, 6.07) is 0. The Morgan fingerprint density at radius 3 is 2.40 bits per heavy atom. The minimum absolute atomic E-state index is 0. The molecule has 6 heteroatoms. The molecule has 1 amide bonds. The molecule has 1 atom stereocenters. The van der Waals surface area contributed by atoms with Gasteiger partial charge in [-0.1, -0.05) is 55.7 Å². The summed E-state index contributed by atoms with van der Waals surface area (Å²) in [5, 5.41) is 3.91. The Balaban J connectivity index is 0. The smallest absolute Gasteiger partial charge is 0.220 e. The number of rotatable bonds is 8. The number of carbonyl (C=O) groups excluding carboxylic acids is 1. The van der Waals surface area contributed by atoms with E-state index in [1.54, 1.807) is 0 Å². The van der Waals surface area contributed by atoms with Crippen molar-refractivity contribution in [3.63, 3.8) is 0 Å². The summed E-state index contributed by atoms with van der Waals surface area (Å²) >= 11 is 0. The van der Waals surface area contributed by atoms with Crippen molar-refractivity contribution in [2.75, 3.05) is 52.1 Å². The van der Waals surface area contributed by atoms with Gasteiger partial charge in [-0.2, -0.15) is 0 Å². The van der Waals surface area contributed by atoms with Crippen molar-refractivity contribution in [2.24, 2.45) is 0 Å². The number of carbonyl (C=O) groups is 1. The normalized spacial score (nSPS) is 20.9. The summed E-state index contributed by atoms with van der Waals surface area (Å²) in [7, 11) is 6.21. The first-order valence-electron chi connectivity index (χ1n) is 10.2. The molecule has 1 N–H and O–H groups in total. The van der Waals surface area contributed by atoms with E-state index in [1.807, 2.05) is 49.3 Å². The number of unbranched alkanes of at least 4 members (excludes halogenated alkanes) is 1. The van der Waals surface area contributed by atoms with Crippen molar-refractivity contribution in [3.8, 4) is 0 Å². The molecule has 4 nitrogen and oxygen atoms in total. The van der Waals surface area contributed by atoms with Gasteiger partial charge in [0.15, 0.2) is 0 Å². The summed E-state index contributed by atoms with van der Waals surface area (Å²) in [6.45, 7) is 14.3. The Morgan fingerprint density at radius 2 is 1.80 bits per heavy atom. The first kappa shape index (κ1) is 25.1. The molecule has 0 bridgehead atoms. The average molecular weight is 394 g/mol. The number of piperazine rings is 1. The fourth-order valence-corrected chi connectivity index (χ4v) is 5.76. The van der Waals surface area contributed by atoms with E-state index in [4.69, 9.17) is 0 Å². The molecule has 0 spiro atoms. The zero-order valence-electron chi connectivity index (χ0n) is 17.2. The molecule has 0 radical (unpaired) electrons. The van der Waals surface area contributed by atoms with Crippen LogP contribution in [0.2, 0.25) is 0 Å². The van der Waals surface area contributed by atoms with Crippen molar-refractivity contribution < 1.29 is 6.22 Å². The SMILES string of the molecule is CC.CC.CN1CCN(CCNC(=O)CCCC[C@@H]2CCSS2)CC1.[HH]. The standard InChI is InChI=1S/C15H29N3OS2.2C2H6.H2/c1-17-9-11-18(12-10-17)8-7-16-15(19)5-3-2-4-14-6-13-20-21-14;2*1-2;/h14H,2-13H2,1H3,(H,16,19);2*1-2H3;1H/t14-;;;/m1.../s1. The summed E-state index contributed by atoms with van der Waals surface area (Å²) in [4.78, 5) is 16.6. The maximum atomic E-state index is 11.8. The van der Waals surface area contributed by atoms with Crippen molar-refractivity contribution in [3.05, 3.63) is 0 Å². The molecule has 0 aromatic carbocycles. The minimum atomic E-state index is 0. The lowest BCUT2D eigenvalue weighted by atomic mass is 10.1. The third-order valence-corrected chi connectivity index (χ3v) is 7.26. The summed E-state index contributed by atoms with van der Waals surface area (Å²) in [5.41, 5.74) is 0. The van der Waals surface area contributed by atoms with Crippen LogP contribution in [0.4, 0.5) is 0 Å². The molecule has 0 aromatic heterocycles. The van der Waals surface area contributed by atoms with Crippen LogP contribution in [-0.4, -0.2) is 73.0 Å². The first-order chi connectivity index (χ1) is 12.2. The number of amides is 1. The molecule has 2 fully saturated rings. The quantitative estimate of drug-likeness (QED) is 0.489. The maximum Gasteiger partial charge on any atom is 0.220 e. The molecule has 152 valence electrons. The number of likely N-dealkylation sites (N-methyl/N-ethyl adjacent to an activating group) is 1. The number of nitrogens with one attached hydrogen (secondary N) is 1. The number of hydrogen-bond acceptors (Lipinski definition) is 5. The lowest BCUT2D eigenvalue weighted by Crippen LogP contribution is -2.46. The highest BCUT2D eigenvalue weighted by Gasteiger charge is 2.16. The van der Waals surface area contributed by atoms with Gasteiger partial charge in [0.25, 0.3) is 0 Å². The van der Waals surface area contributed by atoms with E-state index in [0.717, 1.165) is 50.9 Å². The Bertz CT molecular complexity index is 311. The Kier molecular flexibility index (Phi) is 17.6. The van der Waals surface area contributed by atoms with Gasteiger partial charge in [-0.15, -0.1) is 0 Å². The molecule has 2 rings (SSSR count). The predicted octanol–water partition coefficient (Wildman–Crippen LogP) is 4.36. The monoisotopic (exact) mass is 393 g/mol. The molecule has 2 aliphatic heterocycles. The number of hydrogen-bond donors (Lipinski definition) is 1.